The molecule has 1 spiro atoms. The van der Waals surface area contributed by atoms with E-state index in [4.69, 9.17) is 9.47 Å². The number of piperidine rings is 1. The number of aromatic nitrogens is 1. The smallest absolute Gasteiger partial charge is 0.317 e. The third kappa shape index (κ3) is 4.01. The van der Waals surface area contributed by atoms with E-state index in [1.54, 1.807) is 12.0 Å². The summed E-state index contributed by atoms with van der Waals surface area (Å²) in [4.78, 5) is 29.4. The maximum atomic E-state index is 13.1. The lowest BCUT2D eigenvalue weighted by Gasteiger charge is -2.50. The molecule has 9 nitrogen and oxygen atoms in total. The lowest BCUT2D eigenvalue weighted by atomic mass is 9.68. The Kier molecular flexibility index (Phi) is 6.78. The lowest BCUT2D eigenvalue weighted by Crippen LogP contribution is -2.57. The molecule has 1 fully saturated rings. The van der Waals surface area contributed by atoms with Gasteiger partial charge in [-0.3, -0.25) is 4.79 Å². The fourth-order valence-electron chi connectivity index (χ4n) is 5.71. The quantitative estimate of drug-likeness (QED) is 0.695. The van der Waals surface area contributed by atoms with Crippen LogP contribution in [0, 0.1) is 0 Å². The van der Waals surface area contributed by atoms with E-state index in [0.29, 0.717) is 19.6 Å². The second-order valence-corrected chi connectivity index (χ2v) is 9.73. The molecule has 3 heterocycles. The molecule has 2 aromatic rings. The largest absolute Gasteiger partial charge is 0.497 e. The summed E-state index contributed by atoms with van der Waals surface area (Å²) in [6.45, 7) is 5.37. The van der Waals surface area contributed by atoms with Crippen molar-refractivity contribution >= 4 is 22.8 Å². The van der Waals surface area contributed by atoms with Crippen molar-refractivity contribution in [1.82, 2.24) is 19.7 Å². The van der Waals surface area contributed by atoms with Gasteiger partial charge >= 0.3 is 6.03 Å². The van der Waals surface area contributed by atoms with Crippen LogP contribution >= 0.6 is 0 Å². The number of benzene rings is 1. The number of methoxy groups -OCH3 is 2. The van der Waals surface area contributed by atoms with Gasteiger partial charge in [-0.2, -0.15) is 0 Å². The highest BCUT2D eigenvalue weighted by Gasteiger charge is 2.49. The van der Waals surface area contributed by atoms with E-state index in [2.05, 4.69) is 16.0 Å². The molecule has 9 heteroatoms. The number of hydrogen-bond donors (Lipinski definition) is 2. The van der Waals surface area contributed by atoms with Crippen LogP contribution in [0.25, 0.3) is 10.9 Å². The normalized spacial score (nSPS) is 19.6. The first-order chi connectivity index (χ1) is 16.3. The fraction of sp³-hybridized carbons (Fsp3) is 0.600. The first-order valence-electron chi connectivity index (χ1n) is 11.9. The Morgan fingerprint density at radius 3 is 2.53 bits per heavy atom. The molecule has 1 aromatic heterocycles. The molecular formula is C25H36N4O5. The van der Waals surface area contributed by atoms with E-state index in [9.17, 15) is 14.7 Å². The van der Waals surface area contributed by atoms with E-state index < -0.39 is 6.04 Å². The van der Waals surface area contributed by atoms with Crippen LogP contribution < -0.4 is 10.1 Å². The molecule has 1 saturated heterocycles. The molecule has 2 aliphatic heterocycles. The standard InChI is InChI=1S/C25H36N4O5/c1-16(2)26-24(32)28-10-8-25(9-11-28)15-29(21(31)14-33-4)20(13-30)23-22(25)18-7-6-17(34-5)12-19(18)27(23)3/h6-7,12,16,20,30H,8-11,13-15H2,1-5H3,(H,26,32)/t20-/m0/s1. The zero-order valence-electron chi connectivity index (χ0n) is 20.8. The number of likely N-dealkylation sites (tertiary alicyclic amines) is 1. The molecule has 1 aromatic carbocycles. The number of hydrogen-bond acceptors (Lipinski definition) is 5. The van der Waals surface area contributed by atoms with Crippen molar-refractivity contribution in [2.75, 3.05) is 47.1 Å². The van der Waals surface area contributed by atoms with Crippen LogP contribution in [0.3, 0.4) is 0 Å². The number of rotatable bonds is 5. The number of aliphatic hydroxyl groups excluding tert-OH is 1. The molecule has 34 heavy (non-hydrogen) atoms. The van der Waals surface area contributed by atoms with Gasteiger partial charge < -0.3 is 34.3 Å². The number of carbonyl (C=O) groups is 2. The number of aryl methyl sites for hydroxylation is 1. The molecule has 3 amide bonds. The van der Waals surface area contributed by atoms with Crippen molar-refractivity contribution in [2.24, 2.45) is 7.05 Å². The number of nitrogens with one attached hydrogen (secondary N) is 1. The number of urea groups is 1. The van der Waals surface area contributed by atoms with E-state index in [1.165, 1.54) is 12.7 Å². The van der Waals surface area contributed by atoms with Crippen LogP contribution in [0.5, 0.6) is 5.75 Å². The van der Waals surface area contributed by atoms with Gasteiger partial charge in [0.05, 0.1) is 25.3 Å². The predicted octanol–water partition coefficient (Wildman–Crippen LogP) is 2.16. The summed E-state index contributed by atoms with van der Waals surface area (Å²) in [5, 5.41) is 14.5. The Morgan fingerprint density at radius 1 is 1.24 bits per heavy atom. The zero-order chi connectivity index (χ0) is 24.6. The number of carbonyl (C=O) groups excluding carboxylic acids is 2. The summed E-state index contributed by atoms with van der Waals surface area (Å²) in [7, 11) is 5.13. The molecule has 2 aliphatic rings. The molecular weight excluding hydrogens is 436 g/mol. The van der Waals surface area contributed by atoms with E-state index >= 15 is 0 Å². The predicted molar refractivity (Wildman–Crippen MR) is 129 cm³/mol. The Balaban J connectivity index is 1.82. The number of nitrogens with zero attached hydrogens (tertiary/aromatic N) is 3. The van der Waals surface area contributed by atoms with Crippen LogP contribution in [0.1, 0.15) is 44.0 Å². The van der Waals surface area contributed by atoms with Gasteiger partial charge in [-0.1, -0.05) is 0 Å². The van der Waals surface area contributed by atoms with Gasteiger partial charge in [0.1, 0.15) is 12.4 Å². The Bertz CT molecular complexity index is 1070. The van der Waals surface area contributed by atoms with Crippen molar-refractivity contribution in [2.45, 2.75) is 44.2 Å². The van der Waals surface area contributed by atoms with Crippen molar-refractivity contribution in [3.8, 4) is 5.75 Å². The maximum Gasteiger partial charge on any atom is 0.317 e. The summed E-state index contributed by atoms with van der Waals surface area (Å²) in [6, 6.07) is 5.59. The average molecular weight is 473 g/mol. The van der Waals surface area contributed by atoms with E-state index in [-0.39, 0.29) is 36.6 Å². The summed E-state index contributed by atoms with van der Waals surface area (Å²) >= 11 is 0. The average Bonchev–Trinajstić information content (AvgIpc) is 3.12. The van der Waals surface area contributed by atoms with Crippen molar-refractivity contribution < 1.29 is 24.2 Å². The second kappa shape index (κ2) is 9.46. The van der Waals surface area contributed by atoms with Gasteiger partial charge in [-0.05, 0) is 44.4 Å². The highest BCUT2D eigenvalue weighted by Crippen LogP contribution is 2.50. The van der Waals surface area contributed by atoms with Gasteiger partial charge in [-0.25, -0.2) is 4.79 Å². The first kappa shape index (κ1) is 24.3. The van der Waals surface area contributed by atoms with Crippen molar-refractivity contribution in [3.05, 3.63) is 29.5 Å². The molecule has 0 radical (unpaired) electrons. The molecule has 1 atom stereocenters. The van der Waals surface area contributed by atoms with Gasteiger partial charge in [0.25, 0.3) is 0 Å². The van der Waals surface area contributed by atoms with Crippen molar-refractivity contribution in [3.63, 3.8) is 0 Å². The van der Waals surface area contributed by atoms with E-state index in [0.717, 1.165) is 35.2 Å². The number of aliphatic hydroxyl groups is 1. The minimum atomic E-state index is -0.464. The Hall–Kier alpha value is -2.78. The number of amides is 3. The monoisotopic (exact) mass is 472 g/mol. The summed E-state index contributed by atoms with van der Waals surface area (Å²) in [5.74, 6) is 0.613. The molecule has 0 aliphatic carbocycles. The summed E-state index contributed by atoms with van der Waals surface area (Å²) in [6.07, 6.45) is 1.46. The highest BCUT2D eigenvalue weighted by atomic mass is 16.5. The fourth-order valence-corrected chi connectivity index (χ4v) is 5.71. The van der Waals surface area contributed by atoms with Gasteiger partial charge in [0.15, 0.2) is 0 Å². The molecule has 0 unspecified atom stereocenters. The molecule has 0 saturated carbocycles. The molecule has 2 N–H and O–H groups in total. The number of fused-ring (bicyclic) bond motifs is 4. The second-order valence-electron chi connectivity index (χ2n) is 9.73. The minimum Gasteiger partial charge on any atom is -0.497 e. The van der Waals surface area contributed by atoms with Crippen LogP contribution in [0.2, 0.25) is 0 Å². The van der Waals surface area contributed by atoms with Crippen LogP contribution in [0.15, 0.2) is 18.2 Å². The van der Waals surface area contributed by atoms with Crippen LogP contribution in [0.4, 0.5) is 4.79 Å². The van der Waals surface area contributed by atoms with Gasteiger partial charge in [0, 0.05) is 62.4 Å². The SMILES string of the molecule is COCC(=O)N1CC2(CCN(C(=O)NC(C)C)CC2)c2c(n(C)c3cc(OC)ccc23)[C@@H]1CO. The Labute approximate surface area is 200 Å². The molecule has 4 rings (SSSR count). The van der Waals surface area contributed by atoms with Gasteiger partial charge in [0.2, 0.25) is 5.91 Å². The lowest BCUT2D eigenvalue weighted by molar-refractivity contribution is -0.141. The summed E-state index contributed by atoms with van der Waals surface area (Å²) < 4.78 is 12.7. The molecule has 186 valence electrons. The Morgan fingerprint density at radius 2 is 1.94 bits per heavy atom. The van der Waals surface area contributed by atoms with Crippen LogP contribution in [-0.2, 0) is 22.0 Å². The highest BCUT2D eigenvalue weighted by molar-refractivity contribution is 5.90. The third-order valence-corrected chi connectivity index (χ3v) is 7.33. The number of ether oxygens (including phenoxy) is 2. The maximum absolute atomic E-state index is 13.1. The van der Waals surface area contributed by atoms with E-state index in [1.807, 2.05) is 37.9 Å². The van der Waals surface area contributed by atoms with Gasteiger partial charge in [-0.15, -0.1) is 0 Å². The van der Waals surface area contributed by atoms with Crippen LogP contribution in [-0.4, -0.2) is 84.5 Å². The topological polar surface area (TPSA) is 96.3 Å². The third-order valence-electron chi connectivity index (χ3n) is 7.33. The minimum absolute atomic E-state index is 0.0391. The van der Waals surface area contributed by atoms with Crippen molar-refractivity contribution in [1.29, 1.82) is 0 Å². The summed E-state index contributed by atoms with van der Waals surface area (Å²) in [5.41, 5.74) is 2.80. The molecule has 0 bridgehead atoms. The zero-order valence-corrected chi connectivity index (χ0v) is 20.8. The first-order valence-corrected chi connectivity index (χ1v) is 11.9.